The van der Waals surface area contributed by atoms with Crippen molar-refractivity contribution < 1.29 is 24.2 Å². The number of rotatable bonds is 10. The molecule has 1 aromatic carbocycles. The van der Waals surface area contributed by atoms with Crippen molar-refractivity contribution in [2.45, 2.75) is 26.3 Å². The Morgan fingerprint density at radius 3 is 2.62 bits per heavy atom. The van der Waals surface area contributed by atoms with Gasteiger partial charge >= 0.3 is 12.1 Å². The Hall–Kier alpha value is -4.48. The summed E-state index contributed by atoms with van der Waals surface area (Å²) in [6.45, 7) is 11.3. The number of nitrogen functional groups attached to an aromatic ring is 1. The zero-order valence-electron chi connectivity index (χ0n) is 22.6. The van der Waals surface area contributed by atoms with E-state index < -0.39 is 18.0 Å². The summed E-state index contributed by atoms with van der Waals surface area (Å²) in [6.07, 6.45) is 2.71. The van der Waals surface area contributed by atoms with Gasteiger partial charge in [-0.2, -0.15) is 0 Å². The molecule has 5 N–H and O–H groups in total. The minimum atomic E-state index is -0.945. The van der Waals surface area contributed by atoms with E-state index in [2.05, 4.69) is 32.1 Å². The molecule has 0 saturated carbocycles. The average Bonchev–Trinajstić information content (AvgIpc) is 2.94. The SMILES string of the molecule is C=C(NC(=O)OCC)Nc1c(N)cc(-c2ccc(CN3CCOCC3)nc2)cc1-c1cc(C(C)C(=O)O)ccn1. The van der Waals surface area contributed by atoms with Crippen LogP contribution in [0.2, 0.25) is 0 Å². The Morgan fingerprint density at radius 1 is 1.18 bits per heavy atom. The average molecular weight is 547 g/mol. The molecule has 3 aromatic rings. The Kier molecular flexibility index (Phi) is 9.31. The number of aliphatic carboxylic acids is 1. The van der Waals surface area contributed by atoms with Crippen LogP contribution >= 0.6 is 0 Å². The van der Waals surface area contributed by atoms with Crippen LogP contribution in [-0.4, -0.2) is 64.9 Å². The van der Waals surface area contributed by atoms with Gasteiger partial charge in [-0.25, -0.2) is 4.79 Å². The molecule has 4 rings (SSSR count). The lowest BCUT2D eigenvalue weighted by atomic mass is 9.96. The summed E-state index contributed by atoms with van der Waals surface area (Å²) >= 11 is 0. The third kappa shape index (κ3) is 7.13. The quantitative estimate of drug-likeness (QED) is 0.274. The number of carboxylic acid groups (broad SMARTS) is 1. The molecular formula is C29H34N6O5. The number of pyridine rings is 2. The summed E-state index contributed by atoms with van der Waals surface area (Å²) in [4.78, 5) is 35.0. The number of hydrogen-bond donors (Lipinski definition) is 4. The Bertz CT molecular complexity index is 1370. The molecule has 0 aliphatic carbocycles. The summed E-state index contributed by atoms with van der Waals surface area (Å²) in [5.41, 5.74) is 11.6. The smallest absolute Gasteiger partial charge is 0.412 e. The van der Waals surface area contributed by atoms with E-state index in [4.69, 9.17) is 15.2 Å². The van der Waals surface area contributed by atoms with Crippen LogP contribution in [0.5, 0.6) is 0 Å². The number of nitrogens with one attached hydrogen (secondary N) is 2. The second-order valence-corrected chi connectivity index (χ2v) is 9.40. The first-order valence-electron chi connectivity index (χ1n) is 13.0. The molecule has 11 heteroatoms. The molecule has 40 heavy (non-hydrogen) atoms. The molecule has 210 valence electrons. The molecule has 11 nitrogen and oxygen atoms in total. The third-order valence-corrected chi connectivity index (χ3v) is 6.55. The van der Waals surface area contributed by atoms with Gasteiger partial charge in [0, 0.05) is 43.2 Å². The van der Waals surface area contributed by atoms with Crippen LogP contribution in [0.15, 0.2) is 61.2 Å². The van der Waals surface area contributed by atoms with Gasteiger partial charge in [-0.05, 0) is 55.3 Å². The molecule has 0 bridgehead atoms. The molecule has 2 aromatic heterocycles. The highest BCUT2D eigenvalue weighted by Gasteiger charge is 2.19. The van der Waals surface area contributed by atoms with E-state index in [0.717, 1.165) is 49.7 Å². The van der Waals surface area contributed by atoms with E-state index in [1.54, 1.807) is 44.4 Å². The van der Waals surface area contributed by atoms with Gasteiger partial charge in [-0.3, -0.25) is 25.0 Å². The van der Waals surface area contributed by atoms with E-state index >= 15 is 0 Å². The summed E-state index contributed by atoms with van der Waals surface area (Å²) in [7, 11) is 0. The molecule has 0 radical (unpaired) electrons. The lowest BCUT2D eigenvalue weighted by Gasteiger charge is -2.26. The molecule has 1 aliphatic rings. The van der Waals surface area contributed by atoms with Crippen molar-refractivity contribution >= 4 is 23.4 Å². The fourth-order valence-corrected chi connectivity index (χ4v) is 4.33. The predicted molar refractivity (Wildman–Crippen MR) is 152 cm³/mol. The number of carboxylic acids is 1. The van der Waals surface area contributed by atoms with Crippen LogP contribution in [-0.2, 0) is 20.8 Å². The number of nitrogens with zero attached hydrogens (tertiary/aromatic N) is 3. The summed E-state index contributed by atoms with van der Waals surface area (Å²) in [5.74, 6) is -1.52. The number of carbonyl (C=O) groups excluding carboxylic acids is 1. The monoisotopic (exact) mass is 546 g/mol. The highest BCUT2D eigenvalue weighted by atomic mass is 16.5. The lowest BCUT2D eigenvalue weighted by molar-refractivity contribution is -0.138. The number of ether oxygens (including phenoxy) is 2. The molecule has 1 aliphatic heterocycles. The number of amides is 1. The fourth-order valence-electron chi connectivity index (χ4n) is 4.33. The highest BCUT2D eigenvalue weighted by Crippen LogP contribution is 2.38. The first kappa shape index (κ1) is 28.5. The molecule has 3 heterocycles. The number of anilines is 2. The van der Waals surface area contributed by atoms with Crippen molar-refractivity contribution in [3.05, 3.63) is 72.4 Å². The van der Waals surface area contributed by atoms with Crippen molar-refractivity contribution in [2.75, 3.05) is 44.0 Å². The second-order valence-electron chi connectivity index (χ2n) is 9.40. The van der Waals surface area contributed by atoms with Gasteiger partial charge in [-0.15, -0.1) is 0 Å². The number of alkyl carbamates (subject to hydrolysis) is 1. The normalized spacial score (nSPS) is 14.2. The van der Waals surface area contributed by atoms with Gasteiger partial charge in [-0.1, -0.05) is 12.6 Å². The van der Waals surface area contributed by atoms with Crippen LogP contribution in [0.1, 0.15) is 31.0 Å². The first-order chi connectivity index (χ1) is 19.2. The van der Waals surface area contributed by atoms with Crippen LogP contribution < -0.4 is 16.4 Å². The lowest BCUT2D eigenvalue weighted by Crippen LogP contribution is -2.35. The molecule has 1 unspecified atom stereocenters. The van der Waals surface area contributed by atoms with Gasteiger partial charge in [0.25, 0.3) is 0 Å². The van der Waals surface area contributed by atoms with Crippen molar-refractivity contribution in [2.24, 2.45) is 0 Å². The van der Waals surface area contributed by atoms with E-state index in [1.807, 2.05) is 18.2 Å². The van der Waals surface area contributed by atoms with Crippen molar-refractivity contribution in [3.8, 4) is 22.4 Å². The van der Waals surface area contributed by atoms with Gasteiger partial charge < -0.3 is 25.6 Å². The van der Waals surface area contributed by atoms with Crippen LogP contribution in [0.25, 0.3) is 22.4 Å². The highest BCUT2D eigenvalue weighted by molar-refractivity contribution is 5.91. The summed E-state index contributed by atoms with van der Waals surface area (Å²) < 4.78 is 10.4. The van der Waals surface area contributed by atoms with E-state index in [1.165, 1.54) is 0 Å². The number of nitrogens with two attached hydrogens (primary N) is 1. The van der Waals surface area contributed by atoms with Crippen molar-refractivity contribution in [1.82, 2.24) is 20.2 Å². The number of morpholine rings is 1. The minimum Gasteiger partial charge on any atom is -0.481 e. The van der Waals surface area contributed by atoms with Gasteiger partial charge in [0.05, 0.1) is 48.5 Å². The second kappa shape index (κ2) is 13.0. The minimum absolute atomic E-state index is 0.156. The summed E-state index contributed by atoms with van der Waals surface area (Å²) in [5, 5.41) is 15.1. The zero-order valence-corrected chi connectivity index (χ0v) is 22.6. The maximum absolute atomic E-state index is 11.9. The van der Waals surface area contributed by atoms with Gasteiger partial charge in [0.2, 0.25) is 0 Å². The summed E-state index contributed by atoms with van der Waals surface area (Å²) in [6, 6.07) is 11.1. The van der Waals surface area contributed by atoms with Crippen LogP contribution in [0.4, 0.5) is 16.2 Å². The number of benzene rings is 1. The fraction of sp³-hybridized carbons (Fsp3) is 0.310. The number of aromatic nitrogens is 2. The van der Waals surface area contributed by atoms with Gasteiger partial charge in [0.1, 0.15) is 5.82 Å². The third-order valence-electron chi connectivity index (χ3n) is 6.55. The Balaban J connectivity index is 1.69. The molecule has 1 saturated heterocycles. The predicted octanol–water partition coefficient (Wildman–Crippen LogP) is 4.04. The molecule has 1 amide bonds. The standard InChI is InChI=1S/C29H34N6O5/c1-4-40-29(38)34-19(3)33-27-24(26-15-20(7-8-31-26)18(2)28(36)37)13-22(14-25(27)30)21-5-6-23(32-16-21)17-35-9-11-39-12-10-35/h5-8,13-16,18,33H,3-4,9-12,17,30H2,1-2H3,(H,34,38)(H,36,37). The molecule has 0 spiro atoms. The first-order valence-corrected chi connectivity index (χ1v) is 13.0. The molecule has 1 atom stereocenters. The van der Waals surface area contributed by atoms with Crippen LogP contribution in [0, 0.1) is 0 Å². The number of hydrogen-bond acceptors (Lipinski definition) is 9. The zero-order chi connectivity index (χ0) is 28.6. The van der Waals surface area contributed by atoms with E-state index in [-0.39, 0.29) is 12.4 Å². The maximum Gasteiger partial charge on any atom is 0.412 e. The van der Waals surface area contributed by atoms with Crippen LogP contribution in [0.3, 0.4) is 0 Å². The van der Waals surface area contributed by atoms with E-state index in [0.29, 0.717) is 28.2 Å². The van der Waals surface area contributed by atoms with Crippen molar-refractivity contribution in [1.29, 1.82) is 0 Å². The topological polar surface area (TPSA) is 152 Å². The Labute approximate surface area is 233 Å². The Morgan fingerprint density at radius 2 is 1.95 bits per heavy atom. The van der Waals surface area contributed by atoms with E-state index in [9.17, 15) is 14.7 Å². The van der Waals surface area contributed by atoms with Crippen molar-refractivity contribution in [3.63, 3.8) is 0 Å². The maximum atomic E-state index is 11.9. The number of carbonyl (C=O) groups is 2. The van der Waals surface area contributed by atoms with Gasteiger partial charge in [0.15, 0.2) is 0 Å². The molecular weight excluding hydrogens is 512 g/mol. The largest absolute Gasteiger partial charge is 0.481 e. The molecule has 1 fully saturated rings.